The van der Waals surface area contributed by atoms with Crippen LogP contribution in [0.15, 0.2) is 18.2 Å². The molecule has 0 fully saturated rings. The number of benzene rings is 1. The summed E-state index contributed by atoms with van der Waals surface area (Å²) in [4.78, 5) is 4.15. The Bertz CT molecular complexity index is 545. The van der Waals surface area contributed by atoms with E-state index >= 15 is 0 Å². The van der Waals surface area contributed by atoms with Gasteiger partial charge in [0.05, 0.1) is 16.6 Å². The van der Waals surface area contributed by atoms with Gasteiger partial charge in [0.25, 0.3) is 0 Å². The van der Waals surface area contributed by atoms with Gasteiger partial charge in [-0.1, -0.05) is 0 Å². The molecule has 0 aliphatic carbocycles. The molecule has 1 aromatic carbocycles. The number of hydrogen-bond acceptors (Lipinski definition) is 1. The van der Waals surface area contributed by atoms with Crippen molar-refractivity contribution in [2.75, 3.05) is 5.88 Å². The van der Waals surface area contributed by atoms with Crippen molar-refractivity contribution in [3.05, 3.63) is 29.6 Å². The SMILES string of the molecule is Cn1c(CCCl)nc2cc(C(F)(F)F)ccc21. The van der Waals surface area contributed by atoms with Crippen molar-refractivity contribution in [1.82, 2.24) is 9.55 Å². The van der Waals surface area contributed by atoms with Crippen LogP contribution in [-0.4, -0.2) is 15.4 Å². The third-order valence-electron chi connectivity index (χ3n) is 2.62. The number of nitrogens with zero attached hydrogens (tertiary/aromatic N) is 2. The van der Waals surface area contributed by atoms with E-state index in [2.05, 4.69) is 4.98 Å². The van der Waals surface area contributed by atoms with E-state index in [1.807, 2.05) is 0 Å². The zero-order valence-electron chi connectivity index (χ0n) is 9.05. The van der Waals surface area contributed by atoms with Crippen molar-refractivity contribution < 1.29 is 13.2 Å². The van der Waals surface area contributed by atoms with E-state index in [1.54, 1.807) is 11.6 Å². The Morgan fingerprint density at radius 3 is 2.65 bits per heavy atom. The summed E-state index contributed by atoms with van der Waals surface area (Å²) in [6.45, 7) is 0. The van der Waals surface area contributed by atoms with Crippen molar-refractivity contribution >= 4 is 22.6 Å². The Kier molecular flexibility index (Phi) is 3.03. The van der Waals surface area contributed by atoms with E-state index in [0.29, 0.717) is 29.2 Å². The largest absolute Gasteiger partial charge is 0.416 e. The molecule has 2 rings (SSSR count). The van der Waals surface area contributed by atoms with Crippen LogP contribution < -0.4 is 0 Å². The molecule has 0 N–H and O–H groups in total. The topological polar surface area (TPSA) is 17.8 Å². The van der Waals surface area contributed by atoms with E-state index in [9.17, 15) is 13.2 Å². The maximum Gasteiger partial charge on any atom is 0.416 e. The monoisotopic (exact) mass is 262 g/mol. The van der Waals surface area contributed by atoms with Crippen LogP contribution in [0.5, 0.6) is 0 Å². The first-order valence-electron chi connectivity index (χ1n) is 5.02. The first kappa shape index (κ1) is 12.2. The number of hydrogen-bond donors (Lipinski definition) is 0. The van der Waals surface area contributed by atoms with Crippen LogP contribution in [0.2, 0.25) is 0 Å². The zero-order valence-corrected chi connectivity index (χ0v) is 9.81. The lowest BCUT2D eigenvalue weighted by atomic mass is 10.2. The molecule has 0 radical (unpaired) electrons. The minimum absolute atomic E-state index is 0.349. The molecular weight excluding hydrogens is 253 g/mol. The van der Waals surface area contributed by atoms with Gasteiger partial charge in [-0.25, -0.2) is 4.98 Å². The molecule has 92 valence electrons. The lowest BCUT2D eigenvalue weighted by Crippen LogP contribution is -2.04. The number of halogens is 4. The molecule has 2 nitrogen and oxygen atoms in total. The third kappa shape index (κ3) is 2.24. The van der Waals surface area contributed by atoms with Crippen molar-refractivity contribution in [3.63, 3.8) is 0 Å². The van der Waals surface area contributed by atoms with E-state index < -0.39 is 11.7 Å². The van der Waals surface area contributed by atoms with Gasteiger partial charge < -0.3 is 4.57 Å². The molecule has 0 saturated carbocycles. The van der Waals surface area contributed by atoms with E-state index in [0.717, 1.165) is 12.1 Å². The van der Waals surface area contributed by atoms with E-state index in [1.165, 1.54) is 6.07 Å². The van der Waals surface area contributed by atoms with E-state index in [4.69, 9.17) is 11.6 Å². The fraction of sp³-hybridized carbons (Fsp3) is 0.364. The standard InChI is InChI=1S/C11H10ClF3N2/c1-17-9-3-2-7(11(13,14)15)6-8(9)16-10(17)4-5-12/h2-3,6H,4-5H2,1H3. The summed E-state index contributed by atoms with van der Waals surface area (Å²) in [6, 6.07) is 3.56. The summed E-state index contributed by atoms with van der Waals surface area (Å²) >= 11 is 5.61. The van der Waals surface area contributed by atoms with Crippen LogP contribution in [0.25, 0.3) is 11.0 Å². The first-order chi connectivity index (χ1) is 7.93. The smallest absolute Gasteiger partial charge is 0.331 e. The molecule has 2 aromatic rings. The van der Waals surface area contributed by atoms with Gasteiger partial charge in [-0.2, -0.15) is 13.2 Å². The lowest BCUT2D eigenvalue weighted by Gasteiger charge is -2.05. The van der Waals surface area contributed by atoms with Crippen LogP contribution in [0, 0.1) is 0 Å². The molecule has 0 atom stereocenters. The van der Waals surface area contributed by atoms with Gasteiger partial charge in [-0.15, -0.1) is 11.6 Å². The van der Waals surface area contributed by atoms with Crippen molar-refractivity contribution in [2.45, 2.75) is 12.6 Å². The summed E-state index contributed by atoms with van der Waals surface area (Å²) in [5.74, 6) is 1.08. The second-order valence-electron chi connectivity index (χ2n) is 3.73. The molecule has 1 aromatic heterocycles. The van der Waals surface area contributed by atoms with Gasteiger partial charge in [0.2, 0.25) is 0 Å². The highest BCUT2D eigenvalue weighted by atomic mass is 35.5. The van der Waals surface area contributed by atoms with Crippen LogP contribution in [0.3, 0.4) is 0 Å². The Morgan fingerprint density at radius 2 is 2.06 bits per heavy atom. The zero-order chi connectivity index (χ0) is 12.6. The lowest BCUT2D eigenvalue weighted by molar-refractivity contribution is -0.137. The van der Waals surface area contributed by atoms with Crippen LogP contribution >= 0.6 is 11.6 Å². The fourth-order valence-electron chi connectivity index (χ4n) is 1.73. The number of alkyl halides is 4. The predicted octanol–water partition coefficient (Wildman–Crippen LogP) is 3.37. The summed E-state index contributed by atoms with van der Waals surface area (Å²) in [5.41, 5.74) is 0.348. The minimum atomic E-state index is -4.33. The minimum Gasteiger partial charge on any atom is -0.331 e. The highest BCUT2D eigenvalue weighted by Crippen LogP contribution is 2.31. The van der Waals surface area contributed by atoms with Gasteiger partial charge in [-0.3, -0.25) is 0 Å². The Morgan fingerprint density at radius 1 is 1.35 bits per heavy atom. The van der Waals surface area contributed by atoms with Crippen molar-refractivity contribution in [3.8, 4) is 0 Å². The molecule has 0 amide bonds. The highest BCUT2D eigenvalue weighted by Gasteiger charge is 2.30. The number of rotatable bonds is 2. The van der Waals surface area contributed by atoms with Crippen LogP contribution in [0.1, 0.15) is 11.4 Å². The normalized spacial score (nSPS) is 12.3. The highest BCUT2D eigenvalue weighted by molar-refractivity contribution is 6.17. The molecule has 0 aliphatic rings. The number of aryl methyl sites for hydroxylation is 2. The quantitative estimate of drug-likeness (QED) is 0.759. The Labute approximate surface area is 101 Å². The van der Waals surface area contributed by atoms with Gasteiger partial charge in [0.1, 0.15) is 5.82 Å². The summed E-state index contributed by atoms with van der Waals surface area (Å²) in [7, 11) is 1.77. The van der Waals surface area contributed by atoms with E-state index in [-0.39, 0.29) is 0 Å². The summed E-state index contributed by atoms with van der Waals surface area (Å²) < 4.78 is 39.3. The molecule has 0 spiro atoms. The number of fused-ring (bicyclic) bond motifs is 1. The Balaban J connectivity index is 2.56. The second-order valence-corrected chi connectivity index (χ2v) is 4.11. The third-order valence-corrected chi connectivity index (χ3v) is 2.81. The average Bonchev–Trinajstić information content (AvgIpc) is 2.55. The average molecular weight is 263 g/mol. The van der Waals surface area contributed by atoms with Crippen LogP contribution in [-0.2, 0) is 19.6 Å². The van der Waals surface area contributed by atoms with Gasteiger partial charge in [-0.05, 0) is 18.2 Å². The number of aromatic nitrogens is 2. The second kappa shape index (κ2) is 4.22. The first-order valence-corrected chi connectivity index (χ1v) is 5.55. The molecule has 1 heterocycles. The molecular formula is C11H10ClF3N2. The van der Waals surface area contributed by atoms with Crippen LogP contribution in [0.4, 0.5) is 13.2 Å². The summed E-state index contributed by atoms with van der Waals surface area (Å²) in [5, 5.41) is 0. The predicted molar refractivity (Wildman–Crippen MR) is 60.1 cm³/mol. The van der Waals surface area contributed by atoms with Crippen molar-refractivity contribution in [1.29, 1.82) is 0 Å². The summed E-state index contributed by atoms with van der Waals surface area (Å²) in [6.07, 6.45) is -3.80. The molecule has 17 heavy (non-hydrogen) atoms. The molecule has 0 aliphatic heterocycles. The Hall–Kier alpha value is -1.23. The molecule has 0 bridgehead atoms. The number of imidazole rings is 1. The fourth-order valence-corrected chi connectivity index (χ4v) is 1.90. The molecule has 6 heteroatoms. The van der Waals surface area contributed by atoms with Gasteiger partial charge in [0.15, 0.2) is 0 Å². The van der Waals surface area contributed by atoms with Crippen molar-refractivity contribution in [2.24, 2.45) is 7.05 Å². The molecule has 0 unspecified atom stereocenters. The van der Waals surface area contributed by atoms with Gasteiger partial charge >= 0.3 is 6.18 Å². The maximum atomic E-state index is 12.5. The molecule has 0 saturated heterocycles. The maximum absolute atomic E-state index is 12.5. The van der Waals surface area contributed by atoms with Gasteiger partial charge in [0, 0.05) is 19.3 Å².